The molecule has 1 heterocycles. The highest BCUT2D eigenvalue weighted by molar-refractivity contribution is 9.10. The molecule has 2 rings (SSSR count). The van der Waals surface area contributed by atoms with E-state index in [0.29, 0.717) is 20.0 Å². The molecule has 1 aromatic carbocycles. The van der Waals surface area contributed by atoms with Gasteiger partial charge in [-0.2, -0.15) is 0 Å². The summed E-state index contributed by atoms with van der Waals surface area (Å²) in [7, 11) is 2.51. The Balaban J connectivity index is 1.93. The second-order valence-electron chi connectivity index (χ2n) is 5.32. The minimum absolute atomic E-state index is 0.278. The minimum atomic E-state index is -1.06. The van der Waals surface area contributed by atoms with Crippen LogP contribution in [0.3, 0.4) is 0 Å². The molecule has 0 unspecified atom stereocenters. The summed E-state index contributed by atoms with van der Waals surface area (Å²) >= 11 is 3.29. The molecular weight excluding hydrogens is 396 g/mol. The van der Waals surface area contributed by atoms with E-state index in [1.165, 1.54) is 7.05 Å². The molecule has 0 aromatic heterocycles. The molecule has 132 valence electrons. The lowest BCUT2D eigenvalue weighted by Crippen LogP contribution is -2.44. The number of amides is 6. The number of urea groups is 1. The third-order valence-electron chi connectivity index (χ3n) is 3.50. The Morgan fingerprint density at radius 2 is 1.80 bits per heavy atom. The lowest BCUT2D eigenvalue weighted by molar-refractivity contribution is -0.144. The summed E-state index contributed by atoms with van der Waals surface area (Å²) in [4.78, 5) is 61.2. The lowest BCUT2D eigenvalue weighted by Gasteiger charge is -2.20. The van der Waals surface area contributed by atoms with Crippen molar-refractivity contribution < 1.29 is 24.0 Å². The van der Waals surface area contributed by atoms with Gasteiger partial charge in [0.05, 0.1) is 12.2 Å². The highest BCUT2D eigenvalue weighted by Gasteiger charge is 2.43. The van der Waals surface area contributed by atoms with Crippen molar-refractivity contribution in [2.45, 2.75) is 0 Å². The molecule has 0 atom stereocenters. The van der Waals surface area contributed by atoms with Gasteiger partial charge in [-0.25, -0.2) is 9.69 Å². The topological polar surface area (TPSA) is 107 Å². The Labute approximate surface area is 151 Å². The van der Waals surface area contributed by atoms with Crippen LogP contribution in [-0.2, 0) is 19.2 Å². The molecule has 9 nitrogen and oxygen atoms in total. The largest absolute Gasteiger partial charge is 0.335 e. The molecule has 1 aliphatic heterocycles. The smallest absolute Gasteiger partial charge is 0.334 e. The summed E-state index contributed by atoms with van der Waals surface area (Å²) in [6.07, 6.45) is 0. The first kappa shape index (κ1) is 18.6. The average Bonchev–Trinajstić information content (AvgIpc) is 2.74. The predicted molar refractivity (Wildman–Crippen MR) is 90.3 cm³/mol. The molecule has 1 saturated heterocycles. The van der Waals surface area contributed by atoms with Crippen molar-refractivity contribution in [1.82, 2.24) is 14.7 Å². The summed E-state index contributed by atoms with van der Waals surface area (Å²) in [6, 6.07) is 6.11. The van der Waals surface area contributed by atoms with Gasteiger partial charge in [0.1, 0.15) is 6.54 Å². The maximum atomic E-state index is 12.1. The fraction of sp³-hybridized carbons (Fsp3) is 0.267. The number of nitrogens with one attached hydrogen (secondary N) is 1. The second kappa shape index (κ2) is 7.43. The Hall–Kier alpha value is -2.75. The summed E-state index contributed by atoms with van der Waals surface area (Å²) in [5.74, 6) is -3.15. The fourth-order valence-electron chi connectivity index (χ4n) is 2.07. The van der Waals surface area contributed by atoms with Crippen LogP contribution in [-0.4, -0.2) is 71.5 Å². The van der Waals surface area contributed by atoms with E-state index in [-0.39, 0.29) is 6.54 Å². The van der Waals surface area contributed by atoms with Gasteiger partial charge in [0, 0.05) is 18.6 Å². The Morgan fingerprint density at radius 3 is 2.36 bits per heavy atom. The van der Waals surface area contributed by atoms with Crippen molar-refractivity contribution in [2.24, 2.45) is 0 Å². The predicted octanol–water partition coefficient (Wildman–Crippen LogP) is 0.267. The number of nitrogens with zero attached hydrogens (tertiary/aromatic N) is 3. The van der Waals surface area contributed by atoms with Crippen LogP contribution in [0.4, 0.5) is 10.5 Å². The number of benzene rings is 1. The maximum absolute atomic E-state index is 12.1. The Bertz CT molecular complexity index is 766. The zero-order chi connectivity index (χ0) is 18.7. The van der Waals surface area contributed by atoms with E-state index in [4.69, 9.17) is 0 Å². The van der Waals surface area contributed by atoms with Crippen LogP contribution in [0.5, 0.6) is 0 Å². The number of halogens is 1. The van der Waals surface area contributed by atoms with Crippen LogP contribution in [0.15, 0.2) is 28.7 Å². The SMILES string of the molecule is CN(CC(=O)Nc1ccccc1Br)C(=O)CN1C(=O)C(=O)N(C)C1=O. The summed E-state index contributed by atoms with van der Waals surface area (Å²) in [6.45, 7) is -0.882. The Morgan fingerprint density at radius 1 is 1.16 bits per heavy atom. The van der Waals surface area contributed by atoms with E-state index in [9.17, 15) is 24.0 Å². The first-order valence-electron chi connectivity index (χ1n) is 7.14. The third-order valence-corrected chi connectivity index (χ3v) is 4.19. The number of carbonyl (C=O) groups is 5. The summed E-state index contributed by atoms with van der Waals surface area (Å²) < 4.78 is 0.687. The van der Waals surface area contributed by atoms with Crippen LogP contribution in [0.1, 0.15) is 0 Å². The highest BCUT2D eigenvalue weighted by Crippen LogP contribution is 2.21. The van der Waals surface area contributed by atoms with Gasteiger partial charge in [0.25, 0.3) is 0 Å². The van der Waals surface area contributed by atoms with Crippen LogP contribution in [0, 0.1) is 0 Å². The van der Waals surface area contributed by atoms with Crippen LogP contribution >= 0.6 is 15.9 Å². The molecule has 1 fully saturated rings. The van der Waals surface area contributed by atoms with Gasteiger partial charge in [-0.3, -0.25) is 24.1 Å². The minimum Gasteiger partial charge on any atom is -0.335 e. The van der Waals surface area contributed by atoms with Gasteiger partial charge in [0.15, 0.2) is 0 Å². The molecule has 6 amide bonds. The number of anilines is 1. The zero-order valence-electron chi connectivity index (χ0n) is 13.5. The number of hydrogen-bond acceptors (Lipinski definition) is 5. The van der Waals surface area contributed by atoms with Gasteiger partial charge in [-0.05, 0) is 28.1 Å². The fourth-order valence-corrected chi connectivity index (χ4v) is 2.45. The molecule has 1 aromatic rings. The number of carbonyl (C=O) groups excluding carboxylic acids is 5. The van der Waals surface area contributed by atoms with Crippen LogP contribution in [0.25, 0.3) is 0 Å². The molecule has 1 aliphatic rings. The van der Waals surface area contributed by atoms with E-state index in [1.807, 2.05) is 0 Å². The lowest BCUT2D eigenvalue weighted by atomic mass is 10.3. The quantitative estimate of drug-likeness (QED) is 0.553. The van der Waals surface area contributed by atoms with Gasteiger partial charge >= 0.3 is 17.8 Å². The first-order valence-corrected chi connectivity index (χ1v) is 7.93. The highest BCUT2D eigenvalue weighted by atomic mass is 79.9. The standard InChI is InChI=1S/C15H15BrN4O5/c1-18(7-11(21)17-10-6-4-3-5-9(10)16)12(22)8-20-14(24)13(23)19(2)15(20)25/h3-6H,7-8H2,1-2H3,(H,17,21). The van der Waals surface area contributed by atoms with E-state index >= 15 is 0 Å². The first-order chi connectivity index (χ1) is 11.7. The van der Waals surface area contributed by atoms with Gasteiger partial charge in [0.2, 0.25) is 11.8 Å². The van der Waals surface area contributed by atoms with Crippen molar-refractivity contribution in [2.75, 3.05) is 32.5 Å². The molecule has 0 radical (unpaired) electrons. The molecule has 0 bridgehead atoms. The second-order valence-corrected chi connectivity index (χ2v) is 6.17. The average molecular weight is 411 g/mol. The monoisotopic (exact) mass is 410 g/mol. The molecular formula is C15H15BrN4O5. The molecule has 0 saturated carbocycles. The van der Waals surface area contributed by atoms with Crippen molar-refractivity contribution in [1.29, 1.82) is 0 Å². The van der Waals surface area contributed by atoms with Crippen molar-refractivity contribution in [3.05, 3.63) is 28.7 Å². The van der Waals surface area contributed by atoms with E-state index < -0.39 is 36.2 Å². The van der Waals surface area contributed by atoms with Gasteiger partial charge in [-0.15, -0.1) is 0 Å². The van der Waals surface area contributed by atoms with Crippen molar-refractivity contribution in [3.8, 4) is 0 Å². The normalized spacial score (nSPS) is 14.1. The van der Waals surface area contributed by atoms with Crippen molar-refractivity contribution >= 4 is 51.3 Å². The number of likely N-dealkylation sites (N-methyl/N-ethyl adjacent to an activating group) is 2. The molecule has 0 aliphatic carbocycles. The molecule has 10 heteroatoms. The molecule has 1 N–H and O–H groups in total. The summed E-state index contributed by atoms with van der Waals surface area (Å²) in [5.41, 5.74) is 0.547. The van der Waals surface area contributed by atoms with Gasteiger partial charge in [-0.1, -0.05) is 12.1 Å². The number of hydrogen-bond donors (Lipinski definition) is 1. The molecule has 0 spiro atoms. The summed E-state index contributed by atoms with van der Waals surface area (Å²) in [5, 5.41) is 2.63. The van der Waals surface area contributed by atoms with E-state index in [2.05, 4.69) is 21.2 Å². The van der Waals surface area contributed by atoms with Crippen LogP contribution in [0.2, 0.25) is 0 Å². The number of imide groups is 2. The maximum Gasteiger partial charge on any atom is 0.334 e. The molecule has 25 heavy (non-hydrogen) atoms. The number of rotatable bonds is 5. The number of para-hydroxylation sites is 1. The van der Waals surface area contributed by atoms with E-state index in [1.54, 1.807) is 24.3 Å². The van der Waals surface area contributed by atoms with Gasteiger partial charge < -0.3 is 10.2 Å². The third kappa shape index (κ3) is 4.02. The zero-order valence-corrected chi connectivity index (χ0v) is 15.1. The Kier molecular flexibility index (Phi) is 5.52. The van der Waals surface area contributed by atoms with Crippen LogP contribution < -0.4 is 5.32 Å². The van der Waals surface area contributed by atoms with E-state index in [0.717, 1.165) is 11.9 Å². The van der Waals surface area contributed by atoms with Crippen molar-refractivity contribution in [3.63, 3.8) is 0 Å².